The lowest BCUT2D eigenvalue weighted by Gasteiger charge is -2.36. The number of halogens is 1. The van der Waals surface area contributed by atoms with Crippen LogP contribution >= 0.6 is 0 Å². The van der Waals surface area contributed by atoms with Gasteiger partial charge >= 0.3 is 0 Å². The Bertz CT molecular complexity index is 367. The number of benzene rings is 1. The molecule has 0 radical (unpaired) electrons. The minimum atomic E-state index is -0.105. The van der Waals surface area contributed by atoms with Gasteiger partial charge in [0.15, 0.2) is 0 Å². The van der Waals surface area contributed by atoms with Crippen molar-refractivity contribution in [2.75, 3.05) is 6.54 Å². The summed E-state index contributed by atoms with van der Waals surface area (Å²) in [6, 6.07) is 7.74. The minimum absolute atomic E-state index is 0.105. The van der Waals surface area contributed by atoms with E-state index in [2.05, 4.69) is 5.32 Å². The van der Waals surface area contributed by atoms with E-state index in [1.165, 1.54) is 43.9 Å². The fourth-order valence-corrected chi connectivity index (χ4v) is 2.47. The maximum Gasteiger partial charge on any atom is 0.123 e. The van der Waals surface area contributed by atoms with Gasteiger partial charge in [0.25, 0.3) is 0 Å². The average Bonchev–Trinajstić information content (AvgIpc) is 2.99. The van der Waals surface area contributed by atoms with Crippen LogP contribution in [0.4, 0.5) is 4.39 Å². The van der Waals surface area contributed by atoms with Crippen LogP contribution in [0, 0.1) is 11.7 Å². The van der Waals surface area contributed by atoms with Gasteiger partial charge in [0.2, 0.25) is 0 Å². The van der Waals surface area contributed by atoms with Crippen LogP contribution in [0.25, 0.3) is 0 Å². The topological polar surface area (TPSA) is 12.0 Å². The Morgan fingerprint density at radius 1 is 1.25 bits per heavy atom. The van der Waals surface area contributed by atoms with Gasteiger partial charge in [0.1, 0.15) is 5.82 Å². The lowest BCUT2D eigenvalue weighted by molar-refractivity contribution is 0.288. The Kier molecular flexibility index (Phi) is 2.68. The summed E-state index contributed by atoms with van der Waals surface area (Å²) in [7, 11) is 0. The van der Waals surface area contributed by atoms with Gasteiger partial charge in [-0.3, -0.25) is 0 Å². The zero-order chi connectivity index (χ0) is 11.0. The summed E-state index contributed by atoms with van der Waals surface area (Å²) >= 11 is 0. The second-order valence-corrected chi connectivity index (χ2v) is 5.27. The first-order valence-corrected chi connectivity index (χ1v) is 6.30. The first-order valence-electron chi connectivity index (χ1n) is 6.30. The minimum Gasteiger partial charge on any atom is -0.314 e. The molecule has 0 heterocycles. The Labute approximate surface area is 96.1 Å². The first kappa shape index (κ1) is 10.3. The van der Waals surface area contributed by atoms with Crippen LogP contribution < -0.4 is 5.32 Å². The van der Waals surface area contributed by atoms with Crippen molar-refractivity contribution in [2.24, 2.45) is 5.92 Å². The van der Waals surface area contributed by atoms with E-state index in [0.717, 1.165) is 5.92 Å². The molecular weight excluding hydrogens is 201 g/mol. The van der Waals surface area contributed by atoms with Crippen molar-refractivity contribution in [3.05, 3.63) is 35.6 Å². The predicted octanol–water partition coefficient (Wildman–Crippen LogP) is 3.07. The van der Waals surface area contributed by atoms with Crippen LogP contribution in [0.1, 0.15) is 37.2 Å². The van der Waals surface area contributed by atoms with Gasteiger partial charge in [0, 0.05) is 6.04 Å². The van der Waals surface area contributed by atoms with Gasteiger partial charge in [-0.25, -0.2) is 4.39 Å². The van der Waals surface area contributed by atoms with E-state index in [1.54, 1.807) is 6.07 Å². The summed E-state index contributed by atoms with van der Waals surface area (Å²) in [6.45, 7) is 1.19. The van der Waals surface area contributed by atoms with Crippen molar-refractivity contribution < 1.29 is 4.39 Å². The molecule has 1 N–H and O–H groups in total. The van der Waals surface area contributed by atoms with E-state index in [4.69, 9.17) is 0 Å². The Hall–Kier alpha value is -0.890. The van der Waals surface area contributed by atoms with Crippen LogP contribution in [0.2, 0.25) is 0 Å². The molecule has 1 aromatic carbocycles. The molecule has 0 spiro atoms. The average molecular weight is 219 g/mol. The zero-order valence-electron chi connectivity index (χ0n) is 9.45. The molecule has 0 unspecified atom stereocenters. The molecule has 0 aliphatic heterocycles. The second kappa shape index (κ2) is 4.17. The van der Waals surface area contributed by atoms with E-state index < -0.39 is 0 Å². The monoisotopic (exact) mass is 219 g/mol. The zero-order valence-corrected chi connectivity index (χ0v) is 9.45. The summed E-state index contributed by atoms with van der Waals surface area (Å²) < 4.78 is 13.0. The highest BCUT2D eigenvalue weighted by molar-refractivity contribution is 5.23. The maximum absolute atomic E-state index is 13.0. The molecule has 2 fully saturated rings. The fraction of sp³-hybridized carbons (Fsp3) is 0.571. The van der Waals surface area contributed by atoms with Gasteiger partial charge in [-0.1, -0.05) is 12.1 Å². The van der Waals surface area contributed by atoms with Crippen LogP contribution in [0.3, 0.4) is 0 Å². The second-order valence-electron chi connectivity index (χ2n) is 5.27. The van der Waals surface area contributed by atoms with Gasteiger partial charge in [-0.05, 0) is 61.8 Å². The van der Waals surface area contributed by atoms with Crippen molar-refractivity contribution in [1.29, 1.82) is 0 Å². The van der Waals surface area contributed by atoms with E-state index >= 15 is 0 Å². The highest BCUT2D eigenvalue weighted by Crippen LogP contribution is 2.37. The molecule has 86 valence electrons. The summed E-state index contributed by atoms with van der Waals surface area (Å²) in [5.74, 6) is 1.42. The lowest BCUT2D eigenvalue weighted by Crippen LogP contribution is -2.40. The summed E-state index contributed by atoms with van der Waals surface area (Å²) in [5, 5.41) is 3.60. The first-order chi connectivity index (χ1) is 7.81. The van der Waals surface area contributed by atoms with Crippen molar-refractivity contribution >= 4 is 0 Å². The molecule has 2 aliphatic rings. The summed E-state index contributed by atoms with van der Waals surface area (Å²) in [5.41, 5.74) is 1.17. The quantitative estimate of drug-likeness (QED) is 0.820. The van der Waals surface area contributed by atoms with Crippen LogP contribution in [0.5, 0.6) is 0 Å². The van der Waals surface area contributed by atoms with Gasteiger partial charge in [-0.2, -0.15) is 0 Å². The highest BCUT2D eigenvalue weighted by atomic mass is 19.1. The van der Waals surface area contributed by atoms with Crippen molar-refractivity contribution in [3.8, 4) is 0 Å². The standard InChI is InChI=1S/C14H18FN/c15-13-3-1-2-11(6-13)12-7-14(8-12)16-9-10-4-5-10/h1-3,6,10,12,14,16H,4-5,7-9H2. The summed E-state index contributed by atoms with van der Waals surface area (Å²) in [4.78, 5) is 0. The molecule has 2 saturated carbocycles. The number of hydrogen-bond acceptors (Lipinski definition) is 1. The number of rotatable bonds is 4. The third-order valence-corrected chi connectivity index (χ3v) is 3.85. The Morgan fingerprint density at radius 2 is 2.06 bits per heavy atom. The molecule has 0 bridgehead atoms. The molecule has 2 aliphatic carbocycles. The van der Waals surface area contributed by atoms with E-state index in [-0.39, 0.29) is 5.82 Å². The van der Waals surface area contributed by atoms with Gasteiger partial charge in [-0.15, -0.1) is 0 Å². The molecule has 2 heteroatoms. The third-order valence-electron chi connectivity index (χ3n) is 3.85. The van der Waals surface area contributed by atoms with Gasteiger partial charge < -0.3 is 5.32 Å². The van der Waals surface area contributed by atoms with Crippen LogP contribution in [-0.2, 0) is 0 Å². The molecule has 0 amide bonds. The maximum atomic E-state index is 13.0. The number of nitrogens with one attached hydrogen (secondary N) is 1. The van der Waals surface area contributed by atoms with Crippen molar-refractivity contribution in [3.63, 3.8) is 0 Å². The molecule has 16 heavy (non-hydrogen) atoms. The third kappa shape index (κ3) is 2.27. The smallest absolute Gasteiger partial charge is 0.123 e. The van der Waals surface area contributed by atoms with E-state index in [9.17, 15) is 4.39 Å². The lowest BCUT2D eigenvalue weighted by atomic mass is 9.76. The van der Waals surface area contributed by atoms with E-state index in [1.807, 2.05) is 12.1 Å². The molecular formula is C14H18FN. The Morgan fingerprint density at radius 3 is 2.75 bits per heavy atom. The summed E-state index contributed by atoms with van der Waals surface area (Å²) in [6.07, 6.45) is 5.17. The molecule has 3 rings (SSSR count). The molecule has 1 nitrogen and oxygen atoms in total. The number of hydrogen-bond donors (Lipinski definition) is 1. The van der Waals surface area contributed by atoms with Crippen LogP contribution in [0.15, 0.2) is 24.3 Å². The molecule has 1 aromatic rings. The largest absolute Gasteiger partial charge is 0.314 e. The fourth-order valence-electron chi connectivity index (χ4n) is 2.47. The van der Waals surface area contributed by atoms with Crippen LogP contribution in [-0.4, -0.2) is 12.6 Å². The van der Waals surface area contributed by atoms with Gasteiger partial charge in [0.05, 0.1) is 0 Å². The molecule has 0 aromatic heterocycles. The van der Waals surface area contributed by atoms with E-state index in [0.29, 0.717) is 12.0 Å². The normalized spacial score (nSPS) is 28.8. The predicted molar refractivity (Wildman–Crippen MR) is 62.9 cm³/mol. The Balaban J connectivity index is 1.48. The van der Waals surface area contributed by atoms with Crippen molar-refractivity contribution in [1.82, 2.24) is 5.32 Å². The SMILES string of the molecule is Fc1cccc(C2CC(NCC3CC3)C2)c1. The highest BCUT2D eigenvalue weighted by Gasteiger charge is 2.31. The van der Waals surface area contributed by atoms with Crippen molar-refractivity contribution in [2.45, 2.75) is 37.6 Å². The molecule has 0 saturated heterocycles. The molecule has 0 atom stereocenters.